The predicted molar refractivity (Wildman–Crippen MR) is 42.7 cm³/mol. The molecule has 2 aliphatic rings. The van der Waals surface area contributed by atoms with Crippen molar-refractivity contribution in [2.24, 2.45) is 5.41 Å². The molecule has 0 saturated heterocycles. The zero-order chi connectivity index (χ0) is 10.2. The van der Waals surface area contributed by atoms with Gasteiger partial charge in [0.2, 0.25) is 0 Å². The van der Waals surface area contributed by atoms with Crippen molar-refractivity contribution in [3.8, 4) is 0 Å². The first-order chi connectivity index (χ1) is 6.41. The Morgan fingerprint density at radius 2 is 2.07 bits per heavy atom. The molecule has 76 valence electrons. The number of nitrogens with zero attached hydrogens (tertiary/aromatic N) is 2. The van der Waals surface area contributed by atoms with Crippen molar-refractivity contribution in [3.63, 3.8) is 0 Å². The van der Waals surface area contributed by atoms with E-state index in [1.165, 1.54) is 4.68 Å². The van der Waals surface area contributed by atoms with Gasteiger partial charge in [-0.05, 0) is 25.3 Å². The predicted octanol–water partition coefficient (Wildman–Crippen LogP) is 2.24. The Morgan fingerprint density at radius 3 is 2.43 bits per heavy atom. The smallest absolute Gasteiger partial charge is 0.265 e. The summed E-state index contributed by atoms with van der Waals surface area (Å²) in [5.41, 5.74) is -1.23. The Kier molecular flexibility index (Phi) is 1.10. The van der Waals surface area contributed by atoms with E-state index in [0.717, 1.165) is 5.56 Å². The summed E-state index contributed by atoms with van der Waals surface area (Å²) in [6.45, 7) is 1.83. The minimum Gasteiger partial charge on any atom is -0.265 e. The number of hydrogen-bond acceptors (Lipinski definition) is 1. The van der Waals surface area contributed by atoms with Crippen LogP contribution in [0.5, 0.6) is 0 Å². The number of hydrogen-bond donors (Lipinski definition) is 0. The van der Waals surface area contributed by atoms with Crippen molar-refractivity contribution in [2.45, 2.75) is 31.5 Å². The number of rotatable bonds is 1. The van der Waals surface area contributed by atoms with Gasteiger partial charge in [-0.3, -0.25) is 4.68 Å². The first-order valence-corrected chi connectivity index (χ1v) is 4.50. The summed E-state index contributed by atoms with van der Waals surface area (Å²) < 4.78 is 39.2. The third kappa shape index (κ3) is 0.688. The molecule has 0 unspecified atom stereocenters. The molecule has 0 aliphatic heterocycles. The van der Waals surface area contributed by atoms with E-state index in [9.17, 15) is 13.2 Å². The van der Waals surface area contributed by atoms with Gasteiger partial charge in [0.25, 0.3) is 0 Å². The standard InChI is InChI=1S/C9H9F3N2/c1-6-2-13-14(3-6)8-4-7(8,5-8)9(10,11)12/h2-3H,4-5H2,1H3. The maximum atomic E-state index is 12.6. The van der Waals surface area contributed by atoms with Gasteiger partial charge in [-0.2, -0.15) is 18.3 Å². The SMILES string of the molecule is Cc1cnn(C23CC2(C(F)(F)F)C3)c1. The lowest BCUT2D eigenvalue weighted by Crippen LogP contribution is -2.17. The Morgan fingerprint density at radius 1 is 1.43 bits per heavy atom. The molecule has 2 nitrogen and oxygen atoms in total. The summed E-state index contributed by atoms with van der Waals surface area (Å²) >= 11 is 0. The van der Waals surface area contributed by atoms with Gasteiger partial charge in [0.1, 0.15) is 0 Å². The fourth-order valence-corrected chi connectivity index (χ4v) is 2.35. The van der Waals surface area contributed by atoms with Crippen LogP contribution in [0.2, 0.25) is 0 Å². The third-order valence-electron chi connectivity index (χ3n) is 3.52. The van der Waals surface area contributed by atoms with Gasteiger partial charge >= 0.3 is 6.18 Å². The molecular formula is C9H9F3N2. The summed E-state index contributed by atoms with van der Waals surface area (Å²) in [5, 5.41) is 3.97. The second kappa shape index (κ2) is 1.85. The van der Waals surface area contributed by atoms with Gasteiger partial charge in [-0.1, -0.05) is 0 Å². The average Bonchev–Trinajstić information content (AvgIpc) is 2.77. The van der Waals surface area contributed by atoms with Crippen LogP contribution in [-0.4, -0.2) is 16.0 Å². The van der Waals surface area contributed by atoms with E-state index >= 15 is 0 Å². The molecule has 1 aromatic heterocycles. The number of alkyl halides is 3. The number of aryl methyl sites for hydroxylation is 1. The third-order valence-corrected chi connectivity index (χ3v) is 3.52. The number of fused-ring (bicyclic) bond motifs is 1. The molecule has 2 aliphatic carbocycles. The molecule has 14 heavy (non-hydrogen) atoms. The van der Waals surface area contributed by atoms with Crippen LogP contribution in [0.4, 0.5) is 13.2 Å². The van der Waals surface area contributed by atoms with E-state index in [4.69, 9.17) is 0 Å². The molecule has 1 aromatic rings. The van der Waals surface area contributed by atoms with Gasteiger partial charge in [0.05, 0.1) is 17.2 Å². The van der Waals surface area contributed by atoms with Gasteiger partial charge in [0.15, 0.2) is 0 Å². The van der Waals surface area contributed by atoms with Crippen LogP contribution < -0.4 is 0 Å². The van der Waals surface area contributed by atoms with Crippen LogP contribution in [0, 0.1) is 12.3 Å². The maximum Gasteiger partial charge on any atom is 0.397 e. The molecule has 0 N–H and O–H groups in total. The molecule has 0 aromatic carbocycles. The summed E-state index contributed by atoms with van der Waals surface area (Å²) in [4.78, 5) is 0. The highest BCUT2D eigenvalue weighted by atomic mass is 19.4. The normalized spacial score (nSPS) is 39.4. The van der Waals surface area contributed by atoms with Gasteiger partial charge < -0.3 is 0 Å². The molecule has 0 spiro atoms. The maximum absolute atomic E-state index is 12.6. The molecule has 1 heterocycles. The first kappa shape index (κ1) is 8.32. The van der Waals surface area contributed by atoms with E-state index < -0.39 is 17.1 Å². The molecule has 0 atom stereocenters. The average molecular weight is 202 g/mol. The van der Waals surface area contributed by atoms with E-state index in [-0.39, 0.29) is 12.8 Å². The van der Waals surface area contributed by atoms with Crippen LogP contribution in [-0.2, 0) is 5.54 Å². The second-order valence-corrected chi connectivity index (χ2v) is 4.43. The summed E-state index contributed by atoms with van der Waals surface area (Å²) in [7, 11) is 0. The van der Waals surface area contributed by atoms with E-state index in [0.29, 0.717) is 0 Å². The van der Waals surface area contributed by atoms with Crippen LogP contribution in [0.1, 0.15) is 18.4 Å². The molecule has 3 rings (SSSR count). The van der Waals surface area contributed by atoms with E-state index in [1.807, 2.05) is 6.92 Å². The van der Waals surface area contributed by atoms with Crippen molar-refractivity contribution >= 4 is 0 Å². The van der Waals surface area contributed by atoms with Crippen LogP contribution >= 0.6 is 0 Å². The van der Waals surface area contributed by atoms with Crippen LogP contribution in [0.15, 0.2) is 12.4 Å². The highest BCUT2D eigenvalue weighted by molar-refractivity contribution is 5.37. The fraction of sp³-hybridized carbons (Fsp3) is 0.667. The summed E-state index contributed by atoms with van der Waals surface area (Å²) in [6.07, 6.45) is -0.338. The quantitative estimate of drug-likeness (QED) is 0.682. The second-order valence-electron chi connectivity index (χ2n) is 4.43. The zero-order valence-corrected chi connectivity index (χ0v) is 7.60. The Labute approximate surface area is 78.7 Å². The Balaban J connectivity index is 1.94. The minimum atomic E-state index is -4.06. The fourth-order valence-electron chi connectivity index (χ4n) is 2.35. The molecular weight excluding hydrogens is 193 g/mol. The zero-order valence-electron chi connectivity index (χ0n) is 7.60. The lowest BCUT2D eigenvalue weighted by atomic mass is 10.2. The molecule has 2 saturated carbocycles. The summed E-state index contributed by atoms with van der Waals surface area (Å²) in [6, 6.07) is 0. The van der Waals surface area contributed by atoms with Gasteiger partial charge in [-0.15, -0.1) is 0 Å². The van der Waals surface area contributed by atoms with Crippen molar-refractivity contribution in [3.05, 3.63) is 18.0 Å². The highest BCUT2D eigenvalue weighted by Gasteiger charge is 2.95. The van der Waals surface area contributed by atoms with Crippen LogP contribution in [0.3, 0.4) is 0 Å². The first-order valence-electron chi connectivity index (χ1n) is 4.50. The highest BCUT2D eigenvalue weighted by Crippen LogP contribution is 2.88. The Hall–Kier alpha value is -1.00. The monoisotopic (exact) mass is 202 g/mol. The molecule has 0 radical (unpaired) electrons. The molecule has 0 amide bonds. The molecule has 2 fully saturated rings. The van der Waals surface area contributed by atoms with Crippen molar-refractivity contribution < 1.29 is 13.2 Å². The van der Waals surface area contributed by atoms with E-state index in [1.54, 1.807) is 12.4 Å². The summed E-state index contributed by atoms with van der Waals surface area (Å²) in [5.74, 6) is 0. The number of aromatic nitrogens is 2. The number of halogens is 3. The lowest BCUT2D eigenvalue weighted by molar-refractivity contribution is -0.168. The molecule has 0 bridgehead atoms. The van der Waals surface area contributed by atoms with Gasteiger partial charge in [-0.25, -0.2) is 0 Å². The van der Waals surface area contributed by atoms with Crippen molar-refractivity contribution in [2.75, 3.05) is 0 Å². The van der Waals surface area contributed by atoms with Crippen LogP contribution in [0.25, 0.3) is 0 Å². The molecule has 5 heteroatoms. The lowest BCUT2D eigenvalue weighted by Gasteiger charge is -2.05. The Bertz CT molecular complexity index is 398. The van der Waals surface area contributed by atoms with E-state index in [2.05, 4.69) is 5.10 Å². The largest absolute Gasteiger partial charge is 0.397 e. The van der Waals surface area contributed by atoms with Crippen molar-refractivity contribution in [1.82, 2.24) is 9.78 Å². The van der Waals surface area contributed by atoms with Gasteiger partial charge in [0, 0.05) is 6.20 Å². The van der Waals surface area contributed by atoms with Crippen molar-refractivity contribution in [1.29, 1.82) is 0 Å². The topological polar surface area (TPSA) is 17.8 Å². The minimum absolute atomic E-state index is 0.213.